The summed E-state index contributed by atoms with van der Waals surface area (Å²) in [6.45, 7) is 1.49. The van der Waals surface area contributed by atoms with Crippen LogP contribution in [-0.4, -0.2) is 16.9 Å². The normalized spacial score (nSPS) is 17.9. The van der Waals surface area contributed by atoms with Gasteiger partial charge in [0.1, 0.15) is 0 Å². The van der Waals surface area contributed by atoms with Crippen LogP contribution in [0.15, 0.2) is 35.4 Å². The Morgan fingerprint density at radius 3 is 2.62 bits per heavy atom. The van der Waals surface area contributed by atoms with Gasteiger partial charge in [0.2, 0.25) is 0 Å². The number of carbonyl (C=O) groups excluding carboxylic acids is 1. The van der Waals surface area contributed by atoms with Gasteiger partial charge in [0, 0.05) is 16.7 Å². The number of ketones is 1. The third kappa shape index (κ3) is 1.65. The van der Waals surface area contributed by atoms with Crippen LogP contribution < -0.4 is 0 Å². The molecule has 0 heterocycles. The van der Waals surface area contributed by atoms with Gasteiger partial charge in [-0.05, 0) is 25.3 Å². The monoisotopic (exact) mass is 216 g/mol. The largest absolute Gasteiger partial charge is 0.478 e. The number of carboxylic acids is 1. The van der Waals surface area contributed by atoms with Crippen LogP contribution in [-0.2, 0) is 11.2 Å². The van der Waals surface area contributed by atoms with E-state index in [0.717, 1.165) is 12.0 Å². The fraction of sp³-hybridized carbons (Fsp3) is 0.231. The molecule has 0 aliphatic heterocycles. The van der Waals surface area contributed by atoms with Gasteiger partial charge in [0.05, 0.1) is 0 Å². The number of carbonyl (C=O) groups is 2. The molecule has 3 nitrogen and oxygen atoms in total. The minimum Gasteiger partial charge on any atom is -0.478 e. The number of hydrogen-bond acceptors (Lipinski definition) is 2. The molecule has 0 saturated carbocycles. The van der Waals surface area contributed by atoms with Gasteiger partial charge in [-0.15, -0.1) is 0 Å². The van der Waals surface area contributed by atoms with E-state index in [1.165, 1.54) is 6.92 Å². The highest BCUT2D eigenvalue weighted by Gasteiger charge is 2.24. The zero-order valence-corrected chi connectivity index (χ0v) is 8.99. The molecule has 1 aromatic rings. The molecular weight excluding hydrogens is 204 g/mol. The van der Waals surface area contributed by atoms with Crippen molar-refractivity contribution in [2.75, 3.05) is 0 Å². The highest BCUT2D eigenvalue weighted by molar-refractivity contribution is 6.14. The van der Waals surface area contributed by atoms with Crippen molar-refractivity contribution in [3.8, 4) is 0 Å². The zero-order valence-electron chi connectivity index (χ0n) is 8.99. The van der Waals surface area contributed by atoms with Gasteiger partial charge in [-0.3, -0.25) is 4.79 Å². The highest BCUT2D eigenvalue weighted by atomic mass is 16.4. The van der Waals surface area contributed by atoms with Crippen molar-refractivity contribution in [2.24, 2.45) is 0 Å². The molecule has 3 heteroatoms. The Morgan fingerprint density at radius 2 is 1.94 bits per heavy atom. The zero-order chi connectivity index (χ0) is 11.7. The van der Waals surface area contributed by atoms with Gasteiger partial charge in [-0.1, -0.05) is 24.3 Å². The summed E-state index contributed by atoms with van der Waals surface area (Å²) in [5.41, 5.74) is 2.25. The van der Waals surface area contributed by atoms with Crippen molar-refractivity contribution in [3.63, 3.8) is 0 Å². The molecule has 0 unspecified atom stereocenters. The summed E-state index contributed by atoms with van der Waals surface area (Å²) in [6, 6.07) is 7.37. The lowest BCUT2D eigenvalue weighted by molar-refractivity contribution is -0.132. The summed E-state index contributed by atoms with van der Waals surface area (Å²) in [7, 11) is 0. The number of aryl methyl sites for hydroxylation is 1. The average molecular weight is 216 g/mol. The fourth-order valence-electron chi connectivity index (χ4n) is 1.98. The molecule has 0 fully saturated rings. The van der Waals surface area contributed by atoms with Crippen molar-refractivity contribution >= 4 is 11.8 Å². The summed E-state index contributed by atoms with van der Waals surface area (Å²) in [6.07, 6.45) is 1.26. The number of hydrogen-bond donors (Lipinski definition) is 1. The highest BCUT2D eigenvalue weighted by Crippen LogP contribution is 2.26. The first-order chi connectivity index (χ1) is 7.61. The number of carboxylic acid groups (broad SMARTS) is 1. The van der Waals surface area contributed by atoms with E-state index in [0.29, 0.717) is 17.6 Å². The molecular formula is C13H12O3. The van der Waals surface area contributed by atoms with Crippen LogP contribution in [0, 0.1) is 0 Å². The lowest BCUT2D eigenvalue weighted by atomic mass is 9.85. The van der Waals surface area contributed by atoms with E-state index in [1.54, 1.807) is 12.1 Å². The van der Waals surface area contributed by atoms with E-state index in [4.69, 9.17) is 5.11 Å². The Labute approximate surface area is 93.4 Å². The Morgan fingerprint density at radius 1 is 1.25 bits per heavy atom. The van der Waals surface area contributed by atoms with E-state index in [9.17, 15) is 9.59 Å². The Kier molecular flexibility index (Phi) is 2.60. The van der Waals surface area contributed by atoms with Crippen LogP contribution >= 0.6 is 0 Å². The summed E-state index contributed by atoms with van der Waals surface area (Å²) < 4.78 is 0. The second-order valence-electron chi connectivity index (χ2n) is 3.89. The predicted molar refractivity (Wildman–Crippen MR) is 59.4 cm³/mol. The van der Waals surface area contributed by atoms with Crippen molar-refractivity contribution in [1.29, 1.82) is 0 Å². The van der Waals surface area contributed by atoms with Crippen LogP contribution in [0.2, 0.25) is 0 Å². The van der Waals surface area contributed by atoms with Crippen molar-refractivity contribution < 1.29 is 14.7 Å². The molecule has 1 aliphatic rings. The number of rotatable bonds is 1. The Bertz CT molecular complexity index is 498. The Balaban J connectivity index is 2.50. The standard InChI is InChI=1S/C13H12O3/c1-8(13(15)16)10-7-6-9-4-2-3-5-11(9)12(10)14/h2-5H,6-7H2,1H3,(H,15,16). The quantitative estimate of drug-likeness (QED) is 0.732. The number of benzene rings is 1. The number of allylic oxidation sites excluding steroid dienone is 1. The second-order valence-corrected chi connectivity index (χ2v) is 3.89. The molecule has 1 N–H and O–H groups in total. The molecule has 0 spiro atoms. The van der Waals surface area contributed by atoms with Gasteiger partial charge in [0.15, 0.2) is 5.78 Å². The smallest absolute Gasteiger partial charge is 0.331 e. The first-order valence-corrected chi connectivity index (χ1v) is 5.17. The van der Waals surface area contributed by atoms with Crippen LogP contribution in [0.4, 0.5) is 0 Å². The van der Waals surface area contributed by atoms with E-state index in [2.05, 4.69) is 0 Å². The molecule has 0 saturated heterocycles. The van der Waals surface area contributed by atoms with Crippen LogP contribution in [0.25, 0.3) is 0 Å². The topological polar surface area (TPSA) is 54.4 Å². The van der Waals surface area contributed by atoms with Crippen LogP contribution in [0.3, 0.4) is 0 Å². The maximum Gasteiger partial charge on any atom is 0.331 e. The van der Waals surface area contributed by atoms with Gasteiger partial charge in [-0.25, -0.2) is 4.79 Å². The minimum absolute atomic E-state index is 0.137. The van der Waals surface area contributed by atoms with Gasteiger partial charge in [0.25, 0.3) is 0 Å². The van der Waals surface area contributed by atoms with Crippen LogP contribution in [0.1, 0.15) is 29.3 Å². The fourth-order valence-corrected chi connectivity index (χ4v) is 1.98. The lowest BCUT2D eigenvalue weighted by Gasteiger charge is -2.18. The lowest BCUT2D eigenvalue weighted by Crippen LogP contribution is -2.17. The van der Waals surface area contributed by atoms with E-state index in [1.807, 2.05) is 12.1 Å². The summed E-state index contributed by atoms with van der Waals surface area (Å²) in [4.78, 5) is 22.9. The summed E-state index contributed by atoms with van der Waals surface area (Å²) in [5.74, 6) is -1.15. The maximum absolute atomic E-state index is 12.0. The minimum atomic E-state index is -1.01. The molecule has 0 aromatic heterocycles. The predicted octanol–water partition coefficient (Wildman–Crippen LogP) is 2.22. The van der Waals surface area contributed by atoms with Crippen molar-refractivity contribution in [3.05, 3.63) is 46.5 Å². The van der Waals surface area contributed by atoms with Crippen molar-refractivity contribution in [2.45, 2.75) is 19.8 Å². The van der Waals surface area contributed by atoms with E-state index < -0.39 is 5.97 Å². The van der Waals surface area contributed by atoms with Crippen molar-refractivity contribution in [1.82, 2.24) is 0 Å². The molecule has 16 heavy (non-hydrogen) atoms. The third-order valence-electron chi connectivity index (χ3n) is 2.95. The molecule has 2 rings (SSSR count). The van der Waals surface area contributed by atoms with E-state index in [-0.39, 0.29) is 11.4 Å². The Hall–Kier alpha value is -1.90. The molecule has 0 atom stereocenters. The molecule has 0 radical (unpaired) electrons. The van der Waals surface area contributed by atoms with Crippen LogP contribution in [0.5, 0.6) is 0 Å². The molecule has 0 bridgehead atoms. The maximum atomic E-state index is 12.0. The second kappa shape index (κ2) is 3.93. The molecule has 82 valence electrons. The first kappa shape index (κ1) is 10.6. The molecule has 1 aromatic carbocycles. The van der Waals surface area contributed by atoms with E-state index >= 15 is 0 Å². The number of Topliss-reactive ketones (excluding diaryl/α,β-unsaturated/α-hetero) is 1. The number of fused-ring (bicyclic) bond motifs is 1. The first-order valence-electron chi connectivity index (χ1n) is 5.17. The average Bonchev–Trinajstić information content (AvgIpc) is 2.29. The SMILES string of the molecule is CC(C(=O)O)=C1CCc2ccccc2C1=O. The van der Waals surface area contributed by atoms with Gasteiger partial charge >= 0.3 is 5.97 Å². The third-order valence-corrected chi connectivity index (χ3v) is 2.95. The van der Waals surface area contributed by atoms with Gasteiger partial charge in [-0.2, -0.15) is 0 Å². The number of aliphatic carboxylic acids is 1. The summed E-state index contributed by atoms with van der Waals surface area (Å²) >= 11 is 0. The molecule has 1 aliphatic carbocycles. The van der Waals surface area contributed by atoms with Gasteiger partial charge < -0.3 is 5.11 Å². The summed E-state index contributed by atoms with van der Waals surface area (Å²) in [5, 5.41) is 8.89. The molecule has 0 amide bonds.